The van der Waals surface area contributed by atoms with E-state index in [0.717, 1.165) is 19.3 Å². The summed E-state index contributed by atoms with van der Waals surface area (Å²) in [5.74, 6) is -0.236. The number of carbonyl (C=O) groups excluding carboxylic acids is 3. The molecule has 2 rings (SSSR count). The number of esters is 1. The lowest BCUT2D eigenvalue weighted by Gasteiger charge is -2.29. The third kappa shape index (κ3) is 3.39. The molecule has 0 aliphatic carbocycles. The summed E-state index contributed by atoms with van der Waals surface area (Å²) in [6.45, 7) is 5.69. The maximum absolute atomic E-state index is 12.2. The Bertz CT molecular complexity index is 466. The summed E-state index contributed by atoms with van der Waals surface area (Å²) in [4.78, 5) is 37.3. The molecule has 1 N–H and O–H groups in total. The quantitative estimate of drug-likeness (QED) is 0.744. The first-order valence-corrected chi connectivity index (χ1v) is 8.82. The van der Waals surface area contributed by atoms with Gasteiger partial charge in [0.2, 0.25) is 5.91 Å². The van der Waals surface area contributed by atoms with Crippen LogP contribution in [0.1, 0.15) is 46.5 Å². The number of thioether (sulfide) groups is 1. The first kappa shape index (κ1) is 17.1. The van der Waals surface area contributed by atoms with Gasteiger partial charge in [0.25, 0.3) is 5.91 Å². The molecule has 0 aromatic carbocycles. The molecule has 0 spiro atoms. The Morgan fingerprint density at radius 2 is 2.14 bits per heavy atom. The van der Waals surface area contributed by atoms with Gasteiger partial charge >= 0.3 is 5.97 Å². The Morgan fingerprint density at radius 3 is 2.77 bits per heavy atom. The lowest BCUT2D eigenvalue weighted by molar-refractivity contribution is -0.156. The van der Waals surface area contributed by atoms with Gasteiger partial charge in [-0.25, -0.2) is 4.79 Å². The standard InChI is InChI=1S/C15H24N2O4S/c1-4-10(5-2)16-12(18)8-21-14(20)11-9-22-15(3)7-6-13(19)17(11)15/h10-11H,4-9H2,1-3H3,(H,16,18)/t11-,15+/m1/s1. The van der Waals surface area contributed by atoms with Gasteiger partial charge in [-0.1, -0.05) is 13.8 Å². The summed E-state index contributed by atoms with van der Waals surface area (Å²) in [7, 11) is 0. The van der Waals surface area contributed by atoms with Gasteiger partial charge in [0.1, 0.15) is 6.04 Å². The molecular weight excluding hydrogens is 304 g/mol. The van der Waals surface area contributed by atoms with Gasteiger partial charge in [-0.3, -0.25) is 9.59 Å². The SMILES string of the molecule is CCC(CC)NC(=O)COC(=O)[C@H]1CS[C@@]2(C)CCC(=O)N12. The molecule has 124 valence electrons. The van der Waals surface area contributed by atoms with Gasteiger partial charge in [-0.15, -0.1) is 11.8 Å². The highest BCUT2D eigenvalue weighted by Gasteiger charge is 2.53. The van der Waals surface area contributed by atoms with Crippen molar-refractivity contribution in [3.63, 3.8) is 0 Å². The smallest absolute Gasteiger partial charge is 0.330 e. The van der Waals surface area contributed by atoms with Crippen molar-refractivity contribution in [2.45, 2.75) is 63.4 Å². The van der Waals surface area contributed by atoms with Crippen LogP contribution in [-0.4, -0.2) is 52.0 Å². The van der Waals surface area contributed by atoms with Gasteiger partial charge in [0.05, 0.1) is 4.87 Å². The number of rotatable bonds is 6. The van der Waals surface area contributed by atoms with Gasteiger partial charge < -0.3 is 15.0 Å². The zero-order chi connectivity index (χ0) is 16.3. The fourth-order valence-corrected chi connectivity index (χ4v) is 4.41. The monoisotopic (exact) mass is 328 g/mol. The lowest BCUT2D eigenvalue weighted by atomic mass is 10.2. The molecule has 22 heavy (non-hydrogen) atoms. The number of hydrogen-bond donors (Lipinski definition) is 1. The molecule has 2 heterocycles. The van der Waals surface area contributed by atoms with E-state index < -0.39 is 12.0 Å². The van der Waals surface area contributed by atoms with E-state index in [1.807, 2.05) is 20.8 Å². The van der Waals surface area contributed by atoms with Crippen LogP contribution < -0.4 is 5.32 Å². The van der Waals surface area contributed by atoms with Gasteiger partial charge in [0.15, 0.2) is 6.61 Å². The molecule has 2 atom stereocenters. The number of fused-ring (bicyclic) bond motifs is 1. The van der Waals surface area contributed by atoms with Crippen molar-refractivity contribution in [2.75, 3.05) is 12.4 Å². The molecule has 2 saturated heterocycles. The van der Waals surface area contributed by atoms with Crippen molar-refractivity contribution in [1.29, 1.82) is 0 Å². The van der Waals surface area contributed by atoms with E-state index in [4.69, 9.17) is 4.74 Å². The Balaban J connectivity index is 1.85. The number of hydrogen-bond acceptors (Lipinski definition) is 5. The predicted octanol–water partition coefficient (Wildman–Crippen LogP) is 1.29. The molecule has 0 radical (unpaired) electrons. The Kier molecular flexibility index (Phi) is 5.36. The van der Waals surface area contributed by atoms with E-state index in [-0.39, 0.29) is 29.3 Å². The minimum Gasteiger partial charge on any atom is -0.454 e. The highest BCUT2D eigenvalue weighted by atomic mass is 32.2. The average molecular weight is 328 g/mol. The highest BCUT2D eigenvalue weighted by Crippen LogP contribution is 2.47. The number of amides is 2. The van der Waals surface area contributed by atoms with Crippen LogP contribution in [0.3, 0.4) is 0 Å². The number of nitrogens with one attached hydrogen (secondary N) is 1. The Labute approximate surface area is 135 Å². The third-order valence-electron chi connectivity index (χ3n) is 4.41. The second-order valence-electron chi connectivity index (χ2n) is 5.95. The van der Waals surface area contributed by atoms with E-state index in [1.54, 1.807) is 16.7 Å². The molecule has 2 fully saturated rings. The van der Waals surface area contributed by atoms with Crippen molar-refractivity contribution in [2.24, 2.45) is 0 Å². The molecule has 0 bridgehead atoms. The van der Waals surface area contributed by atoms with Gasteiger partial charge in [0, 0.05) is 18.2 Å². The third-order valence-corrected chi connectivity index (χ3v) is 5.92. The Morgan fingerprint density at radius 1 is 1.45 bits per heavy atom. The molecule has 0 aromatic heterocycles. The second kappa shape index (κ2) is 6.89. The van der Waals surface area contributed by atoms with Crippen molar-refractivity contribution >= 4 is 29.5 Å². The maximum atomic E-state index is 12.2. The molecule has 0 aromatic rings. The van der Waals surface area contributed by atoms with Crippen LogP contribution in [-0.2, 0) is 19.1 Å². The van der Waals surface area contributed by atoms with Crippen LogP contribution in [0.15, 0.2) is 0 Å². The first-order valence-electron chi connectivity index (χ1n) is 7.83. The molecule has 2 aliphatic rings. The molecule has 0 saturated carbocycles. The van der Waals surface area contributed by atoms with Gasteiger partial charge in [-0.05, 0) is 26.2 Å². The van der Waals surface area contributed by atoms with Crippen LogP contribution in [0.2, 0.25) is 0 Å². The van der Waals surface area contributed by atoms with E-state index in [2.05, 4.69) is 5.32 Å². The average Bonchev–Trinajstić information content (AvgIpc) is 2.99. The van der Waals surface area contributed by atoms with E-state index in [0.29, 0.717) is 12.2 Å². The number of ether oxygens (including phenoxy) is 1. The summed E-state index contributed by atoms with van der Waals surface area (Å²) in [5, 5.41) is 2.82. The number of nitrogens with zero attached hydrogens (tertiary/aromatic N) is 1. The van der Waals surface area contributed by atoms with Crippen molar-refractivity contribution in [3.8, 4) is 0 Å². The lowest BCUT2D eigenvalue weighted by Crippen LogP contribution is -2.47. The molecule has 2 amide bonds. The molecular formula is C15H24N2O4S. The molecule has 6 nitrogen and oxygen atoms in total. The second-order valence-corrected chi connectivity index (χ2v) is 7.46. The van der Waals surface area contributed by atoms with Gasteiger partial charge in [-0.2, -0.15) is 0 Å². The summed E-state index contributed by atoms with van der Waals surface area (Å²) < 4.78 is 5.12. The van der Waals surface area contributed by atoms with E-state index >= 15 is 0 Å². The minimum absolute atomic E-state index is 0.00377. The van der Waals surface area contributed by atoms with Crippen molar-refractivity contribution < 1.29 is 19.1 Å². The fourth-order valence-electron chi connectivity index (χ4n) is 2.99. The minimum atomic E-state index is -0.564. The zero-order valence-corrected chi connectivity index (χ0v) is 14.2. The van der Waals surface area contributed by atoms with E-state index in [1.165, 1.54) is 0 Å². The first-order chi connectivity index (χ1) is 10.4. The zero-order valence-electron chi connectivity index (χ0n) is 13.4. The van der Waals surface area contributed by atoms with Crippen LogP contribution >= 0.6 is 11.8 Å². The van der Waals surface area contributed by atoms with Crippen LogP contribution in [0.5, 0.6) is 0 Å². The maximum Gasteiger partial charge on any atom is 0.330 e. The van der Waals surface area contributed by atoms with Crippen LogP contribution in [0.25, 0.3) is 0 Å². The summed E-state index contributed by atoms with van der Waals surface area (Å²) in [6.07, 6.45) is 2.92. The van der Waals surface area contributed by atoms with Crippen molar-refractivity contribution in [1.82, 2.24) is 10.2 Å². The number of carbonyl (C=O) groups is 3. The fraction of sp³-hybridized carbons (Fsp3) is 0.800. The molecule has 2 aliphatic heterocycles. The molecule has 0 unspecified atom stereocenters. The Hall–Kier alpha value is -1.24. The van der Waals surface area contributed by atoms with Crippen molar-refractivity contribution in [3.05, 3.63) is 0 Å². The summed E-state index contributed by atoms with van der Waals surface area (Å²) in [6, 6.07) is -0.456. The topological polar surface area (TPSA) is 75.7 Å². The van der Waals surface area contributed by atoms with Crippen LogP contribution in [0, 0.1) is 0 Å². The van der Waals surface area contributed by atoms with E-state index in [9.17, 15) is 14.4 Å². The highest BCUT2D eigenvalue weighted by molar-refractivity contribution is 8.01. The largest absolute Gasteiger partial charge is 0.454 e. The summed E-state index contributed by atoms with van der Waals surface area (Å²) >= 11 is 1.61. The normalized spacial score (nSPS) is 27.2. The molecule has 7 heteroatoms. The predicted molar refractivity (Wildman–Crippen MR) is 84.2 cm³/mol. The van der Waals surface area contributed by atoms with Crippen LogP contribution in [0.4, 0.5) is 0 Å². The summed E-state index contributed by atoms with van der Waals surface area (Å²) in [5.41, 5.74) is 0.